The number of benzene rings is 1. The lowest BCUT2D eigenvalue weighted by molar-refractivity contribution is -0.119. The number of hydrogen-bond donors (Lipinski definition) is 2. The Morgan fingerprint density at radius 2 is 1.88 bits per heavy atom. The molecular formula is C19H17N5O2. The van der Waals surface area contributed by atoms with Crippen LogP contribution in [0.1, 0.15) is 5.56 Å². The van der Waals surface area contributed by atoms with Crippen LogP contribution in [0.5, 0.6) is 11.5 Å². The molecule has 0 aliphatic carbocycles. The van der Waals surface area contributed by atoms with E-state index in [1.807, 2.05) is 24.3 Å². The lowest BCUT2D eigenvalue weighted by Crippen LogP contribution is -2.25. The predicted octanol–water partition coefficient (Wildman–Crippen LogP) is 2.83. The number of nitrogens with zero attached hydrogens (tertiary/aromatic N) is 3. The molecule has 0 unspecified atom stereocenters. The van der Waals surface area contributed by atoms with E-state index < -0.39 is 0 Å². The number of nitrogens with one attached hydrogen (secondary N) is 2. The molecule has 0 radical (unpaired) electrons. The molecule has 7 heteroatoms. The normalized spacial score (nSPS) is 10.5. The highest BCUT2D eigenvalue weighted by molar-refractivity contribution is 5.84. The van der Waals surface area contributed by atoms with Crippen molar-refractivity contribution in [2.75, 3.05) is 11.9 Å². The topological polar surface area (TPSA) is 88.5 Å². The van der Waals surface area contributed by atoms with Gasteiger partial charge in [0.2, 0.25) is 0 Å². The number of hydrazone groups is 1. The second kappa shape index (κ2) is 8.93. The quantitative estimate of drug-likeness (QED) is 0.507. The van der Waals surface area contributed by atoms with Crippen molar-refractivity contribution in [3.8, 4) is 11.5 Å². The van der Waals surface area contributed by atoms with Gasteiger partial charge in [-0.15, -0.1) is 0 Å². The highest BCUT2D eigenvalue weighted by Crippen LogP contribution is 2.23. The van der Waals surface area contributed by atoms with Crippen LogP contribution in [0.25, 0.3) is 0 Å². The van der Waals surface area contributed by atoms with Gasteiger partial charge in [0.1, 0.15) is 11.5 Å². The summed E-state index contributed by atoms with van der Waals surface area (Å²) < 4.78 is 5.71. The van der Waals surface area contributed by atoms with Crippen molar-refractivity contribution in [2.45, 2.75) is 0 Å². The fourth-order valence-corrected chi connectivity index (χ4v) is 2.06. The number of aromatic nitrogens is 2. The summed E-state index contributed by atoms with van der Waals surface area (Å²) in [5.41, 5.74) is 4.08. The average Bonchev–Trinajstić information content (AvgIpc) is 2.68. The first-order valence-corrected chi connectivity index (χ1v) is 7.93. The zero-order chi connectivity index (χ0) is 18.0. The van der Waals surface area contributed by atoms with Gasteiger partial charge in [-0.05, 0) is 42.0 Å². The van der Waals surface area contributed by atoms with Crippen LogP contribution < -0.4 is 15.5 Å². The minimum absolute atomic E-state index is 0.0873. The molecule has 0 spiro atoms. The molecule has 0 fully saturated rings. The molecule has 0 aliphatic rings. The summed E-state index contributed by atoms with van der Waals surface area (Å²) in [5, 5.41) is 6.93. The molecule has 2 heterocycles. The Balaban J connectivity index is 1.49. The van der Waals surface area contributed by atoms with E-state index in [4.69, 9.17) is 4.74 Å². The number of ether oxygens (including phenoxy) is 1. The van der Waals surface area contributed by atoms with Crippen LogP contribution in [-0.2, 0) is 4.79 Å². The van der Waals surface area contributed by atoms with E-state index in [2.05, 4.69) is 25.8 Å². The molecule has 3 aromatic rings. The lowest BCUT2D eigenvalue weighted by atomic mass is 10.3. The van der Waals surface area contributed by atoms with Crippen LogP contribution in [0, 0.1) is 0 Å². The van der Waals surface area contributed by atoms with E-state index in [0.717, 1.165) is 11.3 Å². The Labute approximate surface area is 150 Å². The number of anilines is 1. The molecule has 1 aromatic carbocycles. The molecule has 0 saturated heterocycles. The van der Waals surface area contributed by atoms with Crippen molar-refractivity contribution < 1.29 is 9.53 Å². The SMILES string of the molecule is O=C(CNc1cccc(Oc2cccnc2)c1)N/N=C/c1ccncc1. The number of pyridine rings is 2. The summed E-state index contributed by atoms with van der Waals surface area (Å²) >= 11 is 0. The van der Waals surface area contributed by atoms with Gasteiger partial charge in [-0.2, -0.15) is 5.10 Å². The van der Waals surface area contributed by atoms with Crippen LogP contribution in [-0.4, -0.2) is 28.6 Å². The van der Waals surface area contributed by atoms with Gasteiger partial charge in [-0.1, -0.05) is 6.07 Å². The standard InChI is InChI=1S/C19H17N5O2/c25-19(24-23-12-15-6-9-20-10-7-15)14-22-16-3-1-4-17(11-16)26-18-5-2-8-21-13-18/h1-13,22H,14H2,(H,24,25)/b23-12+. The average molecular weight is 347 g/mol. The predicted molar refractivity (Wildman–Crippen MR) is 99.2 cm³/mol. The van der Waals surface area contributed by atoms with Gasteiger partial charge in [0.15, 0.2) is 0 Å². The molecule has 7 nitrogen and oxygen atoms in total. The minimum atomic E-state index is -0.256. The Hall–Kier alpha value is -3.74. The molecule has 0 saturated carbocycles. The minimum Gasteiger partial charge on any atom is -0.456 e. The molecule has 1 amide bonds. The van der Waals surface area contributed by atoms with Crippen molar-refractivity contribution in [3.63, 3.8) is 0 Å². The van der Waals surface area contributed by atoms with E-state index in [9.17, 15) is 4.79 Å². The zero-order valence-electron chi connectivity index (χ0n) is 13.9. The van der Waals surface area contributed by atoms with Crippen LogP contribution in [0.3, 0.4) is 0 Å². The third-order valence-corrected chi connectivity index (χ3v) is 3.27. The third kappa shape index (κ3) is 5.41. The smallest absolute Gasteiger partial charge is 0.259 e. The highest BCUT2D eigenvalue weighted by Gasteiger charge is 2.02. The summed E-state index contributed by atoms with van der Waals surface area (Å²) in [6, 6.07) is 14.5. The van der Waals surface area contributed by atoms with Gasteiger partial charge < -0.3 is 10.1 Å². The van der Waals surface area contributed by atoms with Crippen LogP contribution in [0.15, 0.2) is 78.4 Å². The number of hydrogen-bond acceptors (Lipinski definition) is 6. The van der Waals surface area contributed by atoms with Crippen LogP contribution in [0.4, 0.5) is 5.69 Å². The van der Waals surface area contributed by atoms with Crippen molar-refractivity contribution in [2.24, 2.45) is 5.10 Å². The number of carbonyl (C=O) groups is 1. The molecule has 0 aliphatic heterocycles. The van der Waals surface area contributed by atoms with Gasteiger partial charge in [0.05, 0.1) is 19.0 Å². The summed E-state index contributed by atoms with van der Waals surface area (Å²) in [6.07, 6.45) is 8.19. The van der Waals surface area contributed by atoms with E-state index in [1.165, 1.54) is 0 Å². The summed E-state index contributed by atoms with van der Waals surface area (Å²) in [7, 11) is 0. The fourth-order valence-electron chi connectivity index (χ4n) is 2.06. The third-order valence-electron chi connectivity index (χ3n) is 3.27. The number of amides is 1. The lowest BCUT2D eigenvalue weighted by Gasteiger charge is -2.09. The van der Waals surface area contributed by atoms with Gasteiger partial charge in [-0.25, -0.2) is 5.43 Å². The van der Waals surface area contributed by atoms with E-state index in [1.54, 1.807) is 55.3 Å². The van der Waals surface area contributed by atoms with E-state index >= 15 is 0 Å². The summed E-state index contributed by atoms with van der Waals surface area (Å²) in [5.74, 6) is 1.04. The zero-order valence-corrected chi connectivity index (χ0v) is 13.9. The maximum Gasteiger partial charge on any atom is 0.259 e. The Morgan fingerprint density at radius 3 is 2.69 bits per heavy atom. The fraction of sp³-hybridized carbons (Fsp3) is 0.0526. The van der Waals surface area contributed by atoms with Crippen molar-refractivity contribution in [1.29, 1.82) is 0 Å². The Bertz CT molecular complexity index is 869. The van der Waals surface area contributed by atoms with Crippen LogP contribution >= 0.6 is 0 Å². The van der Waals surface area contributed by atoms with Gasteiger partial charge in [-0.3, -0.25) is 14.8 Å². The second-order valence-electron chi connectivity index (χ2n) is 5.25. The largest absolute Gasteiger partial charge is 0.456 e. The van der Waals surface area contributed by atoms with Crippen molar-refractivity contribution >= 4 is 17.8 Å². The highest BCUT2D eigenvalue weighted by atomic mass is 16.5. The molecule has 26 heavy (non-hydrogen) atoms. The van der Waals surface area contributed by atoms with Gasteiger partial charge in [0.25, 0.3) is 5.91 Å². The summed E-state index contributed by atoms with van der Waals surface area (Å²) in [6.45, 7) is 0.0873. The number of carbonyl (C=O) groups excluding carboxylic acids is 1. The van der Waals surface area contributed by atoms with Crippen molar-refractivity contribution in [3.05, 3.63) is 78.9 Å². The monoisotopic (exact) mass is 347 g/mol. The molecule has 3 rings (SSSR count). The first-order valence-electron chi connectivity index (χ1n) is 7.93. The van der Waals surface area contributed by atoms with E-state index in [-0.39, 0.29) is 12.5 Å². The van der Waals surface area contributed by atoms with Crippen molar-refractivity contribution in [1.82, 2.24) is 15.4 Å². The Morgan fingerprint density at radius 1 is 1.04 bits per heavy atom. The number of rotatable bonds is 7. The maximum atomic E-state index is 11.8. The van der Waals surface area contributed by atoms with Crippen LogP contribution in [0.2, 0.25) is 0 Å². The molecular weight excluding hydrogens is 330 g/mol. The van der Waals surface area contributed by atoms with Gasteiger partial charge >= 0.3 is 0 Å². The molecule has 130 valence electrons. The molecule has 0 atom stereocenters. The van der Waals surface area contributed by atoms with E-state index in [0.29, 0.717) is 11.5 Å². The Kier molecular flexibility index (Phi) is 5.87. The first-order chi connectivity index (χ1) is 12.8. The summed E-state index contributed by atoms with van der Waals surface area (Å²) in [4.78, 5) is 19.8. The maximum absolute atomic E-state index is 11.8. The molecule has 0 bridgehead atoms. The van der Waals surface area contributed by atoms with Gasteiger partial charge in [0, 0.05) is 30.3 Å². The molecule has 2 N–H and O–H groups in total. The molecule has 2 aromatic heterocycles. The second-order valence-corrected chi connectivity index (χ2v) is 5.25. The first kappa shape index (κ1) is 17.1.